The molecule has 0 saturated heterocycles. The second-order valence-corrected chi connectivity index (χ2v) is 5.91. The maximum atomic E-state index is 12.9. The van der Waals surface area contributed by atoms with E-state index in [9.17, 15) is 13.2 Å². The maximum Gasteiger partial charge on any atom is 0.416 e. The van der Waals surface area contributed by atoms with Gasteiger partial charge in [-0.05, 0) is 54.2 Å². The number of nitrogen functional groups attached to an aromatic ring is 1. The summed E-state index contributed by atoms with van der Waals surface area (Å²) in [6.07, 6.45) is -0.620. The van der Waals surface area contributed by atoms with E-state index in [4.69, 9.17) is 5.73 Å². The van der Waals surface area contributed by atoms with E-state index in [2.05, 4.69) is 10.3 Å². The van der Waals surface area contributed by atoms with Crippen molar-refractivity contribution in [2.45, 2.75) is 31.6 Å². The van der Waals surface area contributed by atoms with E-state index in [1.807, 2.05) is 6.07 Å². The van der Waals surface area contributed by atoms with Crippen LogP contribution in [0, 0.1) is 5.92 Å². The first-order valence-corrected chi connectivity index (χ1v) is 7.54. The van der Waals surface area contributed by atoms with Crippen molar-refractivity contribution in [3.05, 3.63) is 59.3 Å². The van der Waals surface area contributed by atoms with Crippen LogP contribution in [0.3, 0.4) is 0 Å². The van der Waals surface area contributed by atoms with Crippen LogP contribution in [-0.2, 0) is 12.7 Å². The fraction of sp³-hybridized carbons (Fsp3) is 0.353. The molecule has 0 bridgehead atoms. The van der Waals surface area contributed by atoms with Crippen LogP contribution < -0.4 is 11.1 Å². The number of halogens is 3. The Bertz CT molecular complexity index is 681. The number of benzene rings is 1. The van der Waals surface area contributed by atoms with Gasteiger partial charge in [0, 0.05) is 18.8 Å². The third-order valence-electron chi connectivity index (χ3n) is 4.04. The summed E-state index contributed by atoms with van der Waals surface area (Å²) in [5.41, 5.74) is 6.70. The molecule has 2 aromatic rings. The number of nitrogens with one attached hydrogen (secondary N) is 1. The molecule has 3 N–H and O–H groups in total. The molecule has 122 valence electrons. The standard InChI is InChI=1S/C17H18F3N3/c18-17(19,20)14-3-1-2-13(9-14)16(12-4-5-12)23-10-11-6-7-22-15(21)8-11/h1-3,6-9,12,16,23H,4-5,10H2,(H2,21,22). The van der Waals surface area contributed by atoms with Crippen molar-refractivity contribution in [1.29, 1.82) is 0 Å². The van der Waals surface area contributed by atoms with E-state index in [0.29, 0.717) is 23.8 Å². The van der Waals surface area contributed by atoms with Gasteiger partial charge in [0.05, 0.1) is 5.56 Å². The van der Waals surface area contributed by atoms with Gasteiger partial charge in [0.2, 0.25) is 0 Å². The number of alkyl halides is 3. The van der Waals surface area contributed by atoms with Crippen molar-refractivity contribution in [2.24, 2.45) is 5.92 Å². The van der Waals surface area contributed by atoms with Crippen molar-refractivity contribution in [2.75, 3.05) is 5.73 Å². The summed E-state index contributed by atoms with van der Waals surface area (Å²) in [6, 6.07) is 9.12. The molecule has 0 amide bonds. The monoisotopic (exact) mass is 321 g/mol. The fourth-order valence-electron chi connectivity index (χ4n) is 2.73. The number of anilines is 1. The van der Waals surface area contributed by atoms with E-state index in [1.165, 1.54) is 12.1 Å². The number of hydrogen-bond donors (Lipinski definition) is 2. The summed E-state index contributed by atoms with van der Waals surface area (Å²) in [7, 11) is 0. The molecular formula is C17H18F3N3. The SMILES string of the molecule is Nc1cc(CNC(c2cccc(C(F)(F)F)c2)C2CC2)ccn1. The Labute approximate surface area is 132 Å². The van der Waals surface area contributed by atoms with Crippen LogP contribution >= 0.6 is 0 Å². The van der Waals surface area contributed by atoms with Crippen LogP contribution in [0.4, 0.5) is 19.0 Å². The number of nitrogens with zero attached hydrogens (tertiary/aromatic N) is 1. The Balaban J connectivity index is 1.77. The van der Waals surface area contributed by atoms with Gasteiger partial charge >= 0.3 is 6.18 Å². The first kappa shape index (κ1) is 15.8. The number of rotatable bonds is 5. The van der Waals surface area contributed by atoms with Gasteiger partial charge in [-0.15, -0.1) is 0 Å². The van der Waals surface area contributed by atoms with E-state index in [-0.39, 0.29) is 6.04 Å². The molecule has 1 saturated carbocycles. The molecule has 0 aliphatic heterocycles. The second-order valence-electron chi connectivity index (χ2n) is 5.91. The molecular weight excluding hydrogens is 303 g/mol. The minimum atomic E-state index is -4.32. The summed E-state index contributed by atoms with van der Waals surface area (Å²) >= 11 is 0. The van der Waals surface area contributed by atoms with Crippen molar-refractivity contribution in [1.82, 2.24) is 10.3 Å². The Hall–Kier alpha value is -2.08. The third-order valence-corrected chi connectivity index (χ3v) is 4.04. The highest BCUT2D eigenvalue weighted by Crippen LogP contribution is 2.42. The summed E-state index contributed by atoms with van der Waals surface area (Å²) in [6.45, 7) is 0.546. The first-order valence-electron chi connectivity index (χ1n) is 7.54. The van der Waals surface area contributed by atoms with E-state index in [0.717, 1.165) is 24.5 Å². The molecule has 6 heteroatoms. The zero-order chi connectivity index (χ0) is 16.4. The lowest BCUT2D eigenvalue weighted by Crippen LogP contribution is -2.23. The number of nitrogens with two attached hydrogens (primary N) is 1. The molecule has 1 heterocycles. The third kappa shape index (κ3) is 4.01. The predicted molar refractivity (Wildman–Crippen MR) is 82.4 cm³/mol. The number of pyridine rings is 1. The molecule has 23 heavy (non-hydrogen) atoms. The molecule has 1 fully saturated rings. The smallest absolute Gasteiger partial charge is 0.384 e. The topological polar surface area (TPSA) is 50.9 Å². The molecule has 1 aromatic carbocycles. The van der Waals surface area contributed by atoms with Crippen LogP contribution in [0.25, 0.3) is 0 Å². The average Bonchev–Trinajstić information content (AvgIpc) is 3.32. The molecule has 3 rings (SSSR count). The van der Waals surface area contributed by atoms with Crippen LogP contribution in [-0.4, -0.2) is 4.98 Å². The minimum Gasteiger partial charge on any atom is -0.384 e. The van der Waals surface area contributed by atoms with Crippen molar-refractivity contribution in [3.8, 4) is 0 Å². The highest BCUT2D eigenvalue weighted by molar-refractivity contribution is 5.32. The number of hydrogen-bond acceptors (Lipinski definition) is 3. The largest absolute Gasteiger partial charge is 0.416 e. The van der Waals surface area contributed by atoms with Crippen molar-refractivity contribution in [3.63, 3.8) is 0 Å². The minimum absolute atomic E-state index is 0.0771. The van der Waals surface area contributed by atoms with Gasteiger partial charge in [-0.2, -0.15) is 13.2 Å². The van der Waals surface area contributed by atoms with Gasteiger partial charge in [0.25, 0.3) is 0 Å². The van der Waals surface area contributed by atoms with E-state index < -0.39 is 11.7 Å². The molecule has 3 nitrogen and oxygen atoms in total. The van der Waals surface area contributed by atoms with Gasteiger partial charge in [0.15, 0.2) is 0 Å². The number of aromatic nitrogens is 1. The maximum absolute atomic E-state index is 12.9. The van der Waals surface area contributed by atoms with Gasteiger partial charge < -0.3 is 11.1 Å². The summed E-state index contributed by atoms with van der Waals surface area (Å²) in [5.74, 6) is 0.823. The quantitative estimate of drug-likeness (QED) is 0.877. The Morgan fingerprint density at radius 2 is 2.00 bits per heavy atom. The predicted octanol–water partition coefficient (Wildman–Crippen LogP) is 3.92. The van der Waals surface area contributed by atoms with Gasteiger partial charge in [-0.1, -0.05) is 12.1 Å². The summed E-state index contributed by atoms with van der Waals surface area (Å²) < 4.78 is 38.7. The zero-order valence-corrected chi connectivity index (χ0v) is 12.5. The van der Waals surface area contributed by atoms with E-state index >= 15 is 0 Å². The zero-order valence-electron chi connectivity index (χ0n) is 12.5. The van der Waals surface area contributed by atoms with Crippen molar-refractivity contribution < 1.29 is 13.2 Å². The second kappa shape index (κ2) is 6.20. The molecule has 0 spiro atoms. The Morgan fingerprint density at radius 3 is 2.65 bits per heavy atom. The normalized spacial score (nSPS) is 16.3. The molecule has 1 unspecified atom stereocenters. The van der Waals surface area contributed by atoms with Gasteiger partial charge in [0.1, 0.15) is 5.82 Å². The summed E-state index contributed by atoms with van der Waals surface area (Å²) in [4.78, 5) is 3.94. The van der Waals surface area contributed by atoms with Crippen LogP contribution in [0.2, 0.25) is 0 Å². The molecule has 1 atom stereocenters. The molecule has 0 radical (unpaired) electrons. The lowest BCUT2D eigenvalue weighted by atomic mass is 9.99. The average molecular weight is 321 g/mol. The van der Waals surface area contributed by atoms with Crippen molar-refractivity contribution >= 4 is 5.82 Å². The lowest BCUT2D eigenvalue weighted by molar-refractivity contribution is -0.137. The molecule has 1 aliphatic carbocycles. The Kier molecular flexibility index (Phi) is 4.26. The molecule has 1 aromatic heterocycles. The van der Waals surface area contributed by atoms with Gasteiger partial charge in [-0.3, -0.25) is 0 Å². The highest BCUT2D eigenvalue weighted by Gasteiger charge is 2.35. The Morgan fingerprint density at radius 1 is 1.22 bits per heavy atom. The molecule has 1 aliphatic rings. The highest BCUT2D eigenvalue weighted by atomic mass is 19.4. The lowest BCUT2D eigenvalue weighted by Gasteiger charge is -2.20. The van der Waals surface area contributed by atoms with Crippen LogP contribution in [0.15, 0.2) is 42.6 Å². The van der Waals surface area contributed by atoms with Crippen LogP contribution in [0.5, 0.6) is 0 Å². The van der Waals surface area contributed by atoms with Crippen LogP contribution in [0.1, 0.15) is 35.6 Å². The van der Waals surface area contributed by atoms with E-state index in [1.54, 1.807) is 18.3 Å². The first-order chi connectivity index (χ1) is 10.9. The van der Waals surface area contributed by atoms with Gasteiger partial charge in [-0.25, -0.2) is 4.98 Å². The summed E-state index contributed by atoms with van der Waals surface area (Å²) in [5, 5.41) is 3.37. The fourth-order valence-corrected chi connectivity index (χ4v) is 2.73.